The first-order valence-corrected chi connectivity index (χ1v) is 10.8. The molecule has 1 heterocycles. The van der Waals surface area contributed by atoms with Crippen molar-refractivity contribution in [1.29, 1.82) is 0 Å². The summed E-state index contributed by atoms with van der Waals surface area (Å²) in [5.74, 6) is -0.575. The standard InChI is InChI=1S/C20H22N4O4S/c1-14(15-9-11-17(12-10-15)29(3,27)28)23(2)20(26)19-21-13-18(25)24(22-19)16-7-5-4-6-8-16/h4-12,14H,13H2,1-3H3,(H,21,22). The molecule has 0 spiro atoms. The topological polar surface area (TPSA) is 99.1 Å². The Labute approximate surface area is 169 Å². The molecule has 2 aromatic carbocycles. The zero-order chi connectivity index (χ0) is 21.2. The molecule has 2 aromatic rings. The zero-order valence-corrected chi connectivity index (χ0v) is 17.2. The van der Waals surface area contributed by atoms with Gasteiger partial charge in [0.1, 0.15) is 6.54 Å². The molecule has 1 aliphatic heterocycles. The number of hydrogen-bond acceptors (Lipinski definition) is 6. The summed E-state index contributed by atoms with van der Waals surface area (Å²) in [5, 5.41) is 1.31. The molecule has 0 saturated carbocycles. The number of carbonyl (C=O) groups excluding carboxylic acids is 2. The summed E-state index contributed by atoms with van der Waals surface area (Å²) in [4.78, 5) is 30.9. The van der Waals surface area contributed by atoms with Crippen molar-refractivity contribution in [3.8, 4) is 0 Å². The summed E-state index contributed by atoms with van der Waals surface area (Å²) in [7, 11) is -1.65. The molecular weight excluding hydrogens is 392 g/mol. The monoisotopic (exact) mass is 414 g/mol. The van der Waals surface area contributed by atoms with Crippen LogP contribution in [0.25, 0.3) is 0 Å². The van der Waals surface area contributed by atoms with Gasteiger partial charge < -0.3 is 4.90 Å². The molecule has 3 rings (SSSR count). The van der Waals surface area contributed by atoms with Crippen LogP contribution in [0.3, 0.4) is 0 Å². The number of likely N-dealkylation sites (N-methyl/N-ethyl adjacent to an activating group) is 1. The number of anilines is 1. The van der Waals surface area contributed by atoms with Crippen molar-refractivity contribution in [1.82, 2.24) is 10.3 Å². The summed E-state index contributed by atoms with van der Waals surface area (Å²) in [6.45, 7) is 1.70. The van der Waals surface area contributed by atoms with Crippen LogP contribution in [0, 0.1) is 0 Å². The van der Waals surface area contributed by atoms with Gasteiger partial charge in [0.2, 0.25) is 5.84 Å². The van der Waals surface area contributed by atoms with Gasteiger partial charge in [-0.1, -0.05) is 30.3 Å². The number of aliphatic imine (C=N–C) groups is 1. The third-order valence-electron chi connectivity index (χ3n) is 4.75. The van der Waals surface area contributed by atoms with Crippen LogP contribution in [-0.4, -0.2) is 50.8 Å². The summed E-state index contributed by atoms with van der Waals surface area (Å²) in [5.41, 5.74) is 4.19. The molecule has 2 amide bonds. The molecule has 0 bridgehead atoms. The lowest BCUT2D eigenvalue weighted by atomic mass is 10.1. The van der Waals surface area contributed by atoms with Crippen molar-refractivity contribution in [3.05, 3.63) is 60.2 Å². The highest BCUT2D eigenvalue weighted by molar-refractivity contribution is 7.90. The molecule has 9 heteroatoms. The van der Waals surface area contributed by atoms with E-state index in [-0.39, 0.29) is 35.1 Å². The van der Waals surface area contributed by atoms with Crippen molar-refractivity contribution in [3.63, 3.8) is 0 Å². The highest BCUT2D eigenvalue weighted by Crippen LogP contribution is 2.21. The normalized spacial score (nSPS) is 15.3. The highest BCUT2D eigenvalue weighted by Gasteiger charge is 2.29. The van der Waals surface area contributed by atoms with E-state index in [1.165, 1.54) is 22.0 Å². The van der Waals surface area contributed by atoms with E-state index in [4.69, 9.17) is 0 Å². The smallest absolute Gasteiger partial charge is 0.290 e. The molecule has 29 heavy (non-hydrogen) atoms. The van der Waals surface area contributed by atoms with Crippen LogP contribution < -0.4 is 10.4 Å². The van der Waals surface area contributed by atoms with Gasteiger partial charge in [-0.3, -0.25) is 20.0 Å². The van der Waals surface area contributed by atoms with Gasteiger partial charge in [0, 0.05) is 13.3 Å². The molecule has 0 radical (unpaired) electrons. The highest BCUT2D eigenvalue weighted by atomic mass is 32.2. The predicted octanol–water partition coefficient (Wildman–Crippen LogP) is 1.56. The second-order valence-corrected chi connectivity index (χ2v) is 8.79. The lowest BCUT2D eigenvalue weighted by Crippen LogP contribution is -2.56. The number of hydrazine groups is 1. The predicted molar refractivity (Wildman–Crippen MR) is 110 cm³/mol. The van der Waals surface area contributed by atoms with E-state index in [1.807, 2.05) is 13.0 Å². The molecule has 8 nitrogen and oxygen atoms in total. The maximum Gasteiger partial charge on any atom is 0.290 e. The fourth-order valence-electron chi connectivity index (χ4n) is 2.88. The second-order valence-electron chi connectivity index (χ2n) is 6.77. The van der Waals surface area contributed by atoms with Gasteiger partial charge in [0.15, 0.2) is 9.84 Å². The van der Waals surface area contributed by atoms with Gasteiger partial charge in [-0.15, -0.1) is 0 Å². The molecule has 0 aliphatic carbocycles. The van der Waals surface area contributed by atoms with E-state index in [1.54, 1.807) is 43.4 Å². The minimum atomic E-state index is -3.28. The second kappa shape index (κ2) is 8.04. The number of hydrogen-bond donors (Lipinski definition) is 1. The van der Waals surface area contributed by atoms with Gasteiger partial charge in [-0.2, -0.15) is 0 Å². The van der Waals surface area contributed by atoms with Crippen LogP contribution in [-0.2, 0) is 19.4 Å². The Morgan fingerprint density at radius 2 is 1.76 bits per heavy atom. The largest absolute Gasteiger partial charge is 0.332 e. The van der Waals surface area contributed by atoms with Crippen molar-refractivity contribution >= 4 is 33.2 Å². The molecule has 0 aromatic heterocycles. The Morgan fingerprint density at radius 3 is 2.34 bits per heavy atom. The number of benzene rings is 2. The van der Waals surface area contributed by atoms with Gasteiger partial charge >= 0.3 is 0 Å². The lowest BCUT2D eigenvalue weighted by Gasteiger charge is -2.31. The Hall–Kier alpha value is -3.20. The quantitative estimate of drug-likeness (QED) is 0.801. The first-order chi connectivity index (χ1) is 13.7. The van der Waals surface area contributed by atoms with Crippen molar-refractivity contribution in [2.75, 3.05) is 24.9 Å². The average molecular weight is 414 g/mol. The SMILES string of the molecule is CC(c1ccc(S(C)(=O)=O)cc1)N(C)C(=O)C1=NCC(=O)N(c2ccccc2)N1. The summed E-state index contributed by atoms with van der Waals surface area (Å²) in [6.07, 6.45) is 1.15. The molecule has 152 valence electrons. The van der Waals surface area contributed by atoms with Crippen LogP contribution in [0.5, 0.6) is 0 Å². The fourth-order valence-corrected chi connectivity index (χ4v) is 3.51. The van der Waals surface area contributed by atoms with E-state index in [2.05, 4.69) is 10.4 Å². The molecule has 1 N–H and O–H groups in total. The van der Waals surface area contributed by atoms with E-state index in [9.17, 15) is 18.0 Å². The van der Waals surface area contributed by atoms with Crippen LogP contribution in [0.2, 0.25) is 0 Å². The zero-order valence-electron chi connectivity index (χ0n) is 16.4. The molecule has 1 atom stereocenters. The van der Waals surface area contributed by atoms with Gasteiger partial charge in [-0.05, 0) is 36.8 Å². The number of amidine groups is 1. The van der Waals surface area contributed by atoms with Gasteiger partial charge in [-0.25, -0.2) is 13.4 Å². The maximum absolute atomic E-state index is 12.9. The fraction of sp³-hybridized carbons (Fsp3) is 0.250. The number of amides is 2. The van der Waals surface area contributed by atoms with E-state index in [0.29, 0.717) is 5.69 Å². The Morgan fingerprint density at radius 1 is 1.14 bits per heavy atom. The third kappa shape index (κ3) is 4.45. The molecular formula is C20H22N4O4S. The molecule has 1 unspecified atom stereocenters. The summed E-state index contributed by atoms with van der Waals surface area (Å²) >= 11 is 0. The average Bonchev–Trinajstić information content (AvgIpc) is 2.72. The summed E-state index contributed by atoms with van der Waals surface area (Å²) in [6, 6.07) is 15.0. The van der Waals surface area contributed by atoms with Crippen LogP contribution in [0.1, 0.15) is 18.5 Å². The van der Waals surface area contributed by atoms with Crippen molar-refractivity contribution < 1.29 is 18.0 Å². The molecule has 0 saturated heterocycles. The number of nitrogens with one attached hydrogen (secondary N) is 1. The number of carbonyl (C=O) groups is 2. The number of rotatable bonds is 5. The number of nitrogens with zero attached hydrogens (tertiary/aromatic N) is 3. The van der Waals surface area contributed by atoms with Gasteiger partial charge in [0.25, 0.3) is 11.8 Å². The van der Waals surface area contributed by atoms with Crippen LogP contribution >= 0.6 is 0 Å². The Kier molecular flexibility index (Phi) is 5.69. The number of para-hydroxylation sites is 1. The minimum absolute atomic E-state index is 0.0653. The van der Waals surface area contributed by atoms with E-state index in [0.717, 1.165) is 11.8 Å². The maximum atomic E-state index is 12.9. The Balaban J connectivity index is 1.76. The molecule has 0 fully saturated rings. The lowest BCUT2D eigenvalue weighted by molar-refractivity contribution is -0.125. The minimum Gasteiger partial charge on any atom is -0.332 e. The van der Waals surface area contributed by atoms with Crippen LogP contribution in [0.4, 0.5) is 5.69 Å². The van der Waals surface area contributed by atoms with Crippen molar-refractivity contribution in [2.24, 2.45) is 4.99 Å². The Bertz CT molecular complexity index is 1050. The van der Waals surface area contributed by atoms with Gasteiger partial charge in [0.05, 0.1) is 16.6 Å². The van der Waals surface area contributed by atoms with E-state index >= 15 is 0 Å². The summed E-state index contributed by atoms with van der Waals surface area (Å²) < 4.78 is 23.2. The van der Waals surface area contributed by atoms with Crippen molar-refractivity contribution in [2.45, 2.75) is 17.9 Å². The molecule has 1 aliphatic rings. The van der Waals surface area contributed by atoms with Crippen LogP contribution in [0.15, 0.2) is 64.5 Å². The third-order valence-corrected chi connectivity index (χ3v) is 5.88. The number of sulfone groups is 1. The first kappa shape index (κ1) is 20.5. The first-order valence-electron chi connectivity index (χ1n) is 8.95. The van der Waals surface area contributed by atoms with E-state index < -0.39 is 9.84 Å².